The van der Waals surface area contributed by atoms with Gasteiger partial charge in [0.1, 0.15) is 5.75 Å². The second-order valence-corrected chi connectivity index (χ2v) is 2.87. The van der Waals surface area contributed by atoms with E-state index in [0.29, 0.717) is 5.02 Å². The largest absolute Gasteiger partial charge is 0.573 e. The summed E-state index contributed by atoms with van der Waals surface area (Å²) in [6.07, 6.45) is -3.46. The third-order valence-corrected chi connectivity index (χ3v) is 1.65. The molecular formula is C9H6ClF3O. The quantitative estimate of drug-likeness (QED) is 0.738. The molecule has 0 spiro atoms. The standard InChI is InChI=1S/C9H6ClF3O/c1-2-6-5-7(10)3-4-8(6)14-9(11,12)13/h2-5H,1H2. The van der Waals surface area contributed by atoms with Crippen LogP contribution in [0.1, 0.15) is 5.56 Å². The van der Waals surface area contributed by atoms with Gasteiger partial charge in [0, 0.05) is 10.6 Å². The Bertz CT molecular complexity index is 346. The van der Waals surface area contributed by atoms with Crippen LogP contribution in [0.4, 0.5) is 13.2 Å². The van der Waals surface area contributed by atoms with Gasteiger partial charge in [0.05, 0.1) is 0 Å². The third-order valence-electron chi connectivity index (χ3n) is 1.42. The van der Waals surface area contributed by atoms with Crippen molar-refractivity contribution in [1.29, 1.82) is 0 Å². The second-order valence-electron chi connectivity index (χ2n) is 2.43. The first-order chi connectivity index (χ1) is 6.42. The molecule has 0 heterocycles. The minimum Gasteiger partial charge on any atom is -0.405 e. The molecule has 0 aliphatic heterocycles. The van der Waals surface area contributed by atoms with Crippen LogP contribution in [0.25, 0.3) is 6.08 Å². The number of alkyl halides is 3. The number of halogens is 4. The van der Waals surface area contributed by atoms with Gasteiger partial charge < -0.3 is 4.74 Å². The molecule has 1 aromatic carbocycles. The highest BCUT2D eigenvalue weighted by Gasteiger charge is 2.31. The molecule has 0 unspecified atom stereocenters. The van der Waals surface area contributed by atoms with Crippen LogP contribution in [-0.2, 0) is 0 Å². The smallest absolute Gasteiger partial charge is 0.405 e. The van der Waals surface area contributed by atoms with Crippen molar-refractivity contribution in [3.63, 3.8) is 0 Å². The fraction of sp³-hybridized carbons (Fsp3) is 0.111. The maximum atomic E-state index is 11.9. The minimum absolute atomic E-state index is 0.204. The van der Waals surface area contributed by atoms with Gasteiger partial charge >= 0.3 is 6.36 Å². The summed E-state index contributed by atoms with van der Waals surface area (Å²) in [4.78, 5) is 0. The molecule has 1 rings (SSSR count). The molecule has 1 aromatic rings. The van der Waals surface area contributed by atoms with E-state index in [9.17, 15) is 13.2 Å². The molecular weight excluding hydrogens is 217 g/mol. The van der Waals surface area contributed by atoms with Crippen LogP contribution in [0.15, 0.2) is 24.8 Å². The topological polar surface area (TPSA) is 9.23 Å². The van der Waals surface area contributed by atoms with Crippen molar-refractivity contribution in [3.8, 4) is 5.75 Å². The van der Waals surface area contributed by atoms with Gasteiger partial charge in [-0.2, -0.15) is 0 Å². The first-order valence-corrected chi connectivity index (χ1v) is 3.98. The van der Waals surface area contributed by atoms with E-state index in [4.69, 9.17) is 11.6 Å². The van der Waals surface area contributed by atoms with Crippen molar-refractivity contribution in [2.75, 3.05) is 0 Å². The Morgan fingerprint density at radius 1 is 1.36 bits per heavy atom. The molecule has 0 amide bonds. The Balaban J connectivity index is 3.03. The van der Waals surface area contributed by atoms with Gasteiger partial charge in [0.15, 0.2) is 0 Å². The van der Waals surface area contributed by atoms with Crippen LogP contribution in [0, 0.1) is 0 Å². The van der Waals surface area contributed by atoms with E-state index in [1.165, 1.54) is 18.2 Å². The van der Waals surface area contributed by atoms with Crippen LogP contribution >= 0.6 is 11.6 Å². The van der Waals surface area contributed by atoms with Crippen molar-refractivity contribution in [2.45, 2.75) is 6.36 Å². The minimum atomic E-state index is -4.70. The molecule has 0 aliphatic rings. The summed E-state index contributed by atoms with van der Waals surface area (Å²) in [5.41, 5.74) is 0.204. The molecule has 0 N–H and O–H groups in total. The number of ether oxygens (including phenoxy) is 1. The van der Waals surface area contributed by atoms with Gasteiger partial charge in [0.2, 0.25) is 0 Å². The van der Waals surface area contributed by atoms with Crippen molar-refractivity contribution < 1.29 is 17.9 Å². The predicted octanol–water partition coefficient (Wildman–Crippen LogP) is 3.88. The van der Waals surface area contributed by atoms with Crippen LogP contribution in [0.2, 0.25) is 5.02 Å². The van der Waals surface area contributed by atoms with Crippen LogP contribution in [0.5, 0.6) is 5.75 Å². The first-order valence-electron chi connectivity index (χ1n) is 3.60. The monoisotopic (exact) mass is 222 g/mol. The maximum Gasteiger partial charge on any atom is 0.573 e. The van der Waals surface area contributed by atoms with Crippen molar-refractivity contribution in [1.82, 2.24) is 0 Å². The highest BCUT2D eigenvalue weighted by molar-refractivity contribution is 6.30. The van der Waals surface area contributed by atoms with Crippen molar-refractivity contribution >= 4 is 17.7 Å². The molecule has 0 atom stereocenters. The van der Waals surface area contributed by atoms with E-state index in [-0.39, 0.29) is 11.3 Å². The molecule has 0 saturated heterocycles. The molecule has 5 heteroatoms. The van der Waals surface area contributed by atoms with Crippen molar-refractivity contribution in [2.24, 2.45) is 0 Å². The number of hydrogen-bond acceptors (Lipinski definition) is 1. The highest BCUT2D eigenvalue weighted by atomic mass is 35.5. The average Bonchev–Trinajstić information content (AvgIpc) is 2.06. The zero-order valence-electron chi connectivity index (χ0n) is 6.94. The van der Waals surface area contributed by atoms with Crippen LogP contribution < -0.4 is 4.74 Å². The molecule has 0 bridgehead atoms. The van der Waals surface area contributed by atoms with Gasteiger partial charge in [-0.1, -0.05) is 24.3 Å². The maximum absolute atomic E-state index is 11.9. The number of benzene rings is 1. The summed E-state index contributed by atoms with van der Waals surface area (Å²) in [6, 6.07) is 3.80. The van der Waals surface area contributed by atoms with Gasteiger partial charge in [-0.05, 0) is 18.2 Å². The average molecular weight is 223 g/mol. The molecule has 0 aliphatic carbocycles. The number of hydrogen-bond donors (Lipinski definition) is 0. The third kappa shape index (κ3) is 2.96. The Morgan fingerprint density at radius 2 is 2.00 bits per heavy atom. The highest BCUT2D eigenvalue weighted by Crippen LogP contribution is 2.29. The van der Waals surface area contributed by atoms with E-state index in [0.717, 1.165) is 6.07 Å². The summed E-state index contributed by atoms with van der Waals surface area (Å²) in [6.45, 7) is 3.36. The number of rotatable bonds is 2. The molecule has 0 saturated carbocycles. The van der Waals surface area contributed by atoms with E-state index >= 15 is 0 Å². The van der Waals surface area contributed by atoms with Crippen LogP contribution in [-0.4, -0.2) is 6.36 Å². The summed E-state index contributed by atoms with van der Waals surface area (Å²) < 4.78 is 39.4. The predicted molar refractivity (Wildman–Crippen MR) is 48.2 cm³/mol. The van der Waals surface area contributed by atoms with E-state index in [1.807, 2.05) is 0 Å². The summed E-state index contributed by atoms with van der Waals surface area (Å²) in [5, 5.41) is 0.328. The first kappa shape index (κ1) is 10.9. The Kier molecular flexibility index (Phi) is 3.06. The Labute approximate surface area is 83.8 Å². The molecule has 0 radical (unpaired) electrons. The fourth-order valence-corrected chi connectivity index (χ4v) is 1.08. The lowest BCUT2D eigenvalue weighted by Gasteiger charge is -2.11. The Hall–Kier alpha value is -1.16. The lowest BCUT2D eigenvalue weighted by atomic mass is 10.2. The van der Waals surface area contributed by atoms with Gasteiger partial charge in [0.25, 0.3) is 0 Å². The molecule has 0 fully saturated rings. The van der Waals surface area contributed by atoms with Crippen LogP contribution in [0.3, 0.4) is 0 Å². The van der Waals surface area contributed by atoms with E-state index < -0.39 is 6.36 Å². The fourth-order valence-electron chi connectivity index (χ4n) is 0.896. The summed E-state index contributed by atoms with van der Waals surface area (Å²) >= 11 is 5.58. The van der Waals surface area contributed by atoms with Gasteiger partial charge in [-0.15, -0.1) is 13.2 Å². The van der Waals surface area contributed by atoms with E-state index in [1.54, 1.807) is 0 Å². The lowest BCUT2D eigenvalue weighted by molar-refractivity contribution is -0.274. The van der Waals surface area contributed by atoms with E-state index in [2.05, 4.69) is 11.3 Å². The van der Waals surface area contributed by atoms with Gasteiger partial charge in [-0.3, -0.25) is 0 Å². The normalized spacial score (nSPS) is 11.1. The molecule has 1 nitrogen and oxygen atoms in total. The zero-order valence-corrected chi connectivity index (χ0v) is 7.69. The van der Waals surface area contributed by atoms with Crippen molar-refractivity contribution in [3.05, 3.63) is 35.4 Å². The summed E-state index contributed by atoms with van der Waals surface area (Å²) in [7, 11) is 0. The summed E-state index contributed by atoms with van der Waals surface area (Å²) in [5.74, 6) is -0.308. The van der Waals surface area contributed by atoms with Gasteiger partial charge in [-0.25, -0.2) is 0 Å². The lowest BCUT2D eigenvalue weighted by Crippen LogP contribution is -2.17. The SMILES string of the molecule is C=Cc1cc(Cl)ccc1OC(F)(F)F. The second kappa shape index (κ2) is 3.92. The molecule has 76 valence electrons. The molecule has 14 heavy (non-hydrogen) atoms. The molecule has 0 aromatic heterocycles. The zero-order chi connectivity index (χ0) is 10.8. The Morgan fingerprint density at radius 3 is 2.50 bits per heavy atom.